The Balaban J connectivity index is 0.000000817. The van der Waals surface area contributed by atoms with Gasteiger partial charge in [-0.05, 0) is 53.5 Å². The van der Waals surface area contributed by atoms with Gasteiger partial charge in [0.1, 0.15) is 0 Å². The molecule has 1 aliphatic carbocycles. The van der Waals surface area contributed by atoms with Crippen LogP contribution in [-0.2, 0) is 33.7 Å². The summed E-state index contributed by atoms with van der Waals surface area (Å²) in [5, 5.41) is 0. The Kier molecular flexibility index (Phi) is 11.0. The van der Waals surface area contributed by atoms with Crippen LogP contribution in [0.2, 0.25) is 0 Å². The Hall–Kier alpha value is -0.357. The number of benzene rings is 2. The topological polar surface area (TPSA) is 0 Å². The van der Waals surface area contributed by atoms with Crippen molar-refractivity contribution in [2.24, 2.45) is 0 Å². The van der Waals surface area contributed by atoms with Gasteiger partial charge < -0.3 is 0 Å². The summed E-state index contributed by atoms with van der Waals surface area (Å²) < 4.78 is 0. The molecule has 0 nitrogen and oxygen atoms in total. The van der Waals surface area contributed by atoms with Crippen molar-refractivity contribution < 1.29 is 20.8 Å². The molecule has 0 saturated heterocycles. The van der Waals surface area contributed by atoms with Gasteiger partial charge in [-0.1, -0.05) is 93.6 Å². The van der Waals surface area contributed by atoms with E-state index < -0.39 is 20.8 Å². The first kappa shape index (κ1) is 22.9. The van der Waals surface area contributed by atoms with Gasteiger partial charge in [0.25, 0.3) is 0 Å². The van der Waals surface area contributed by atoms with Crippen LogP contribution in [0, 0.1) is 0 Å². The summed E-state index contributed by atoms with van der Waals surface area (Å²) in [6.07, 6.45) is 12.7. The minimum absolute atomic E-state index is 0.826. The quantitative estimate of drug-likeness (QED) is 0.332. The first-order valence-electron chi connectivity index (χ1n) is 10.1. The zero-order valence-corrected chi connectivity index (χ0v) is 20.5. The second kappa shape index (κ2) is 13.0. The van der Waals surface area contributed by atoms with Crippen LogP contribution in [0.3, 0.4) is 0 Å². The third-order valence-corrected chi connectivity index (χ3v) is 5.12. The maximum atomic E-state index is 4.93. The number of hydrogen-bond donors (Lipinski definition) is 0. The average molecular weight is 481 g/mol. The molecule has 144 valence electrons. The molecular weight excluding hydrogens is 450 g/mol. The molecule has 0 atom stereocenters. The molecule has 2 aromatic carbocycles. The SMILES string of the molecule is CCCCCCC1=Cc2c(cccc2-c2ccc(CCC)cc2)C1.[Cl][Zr][Cl]. The Bertz CT molecular complexity index is 720. The molecule has 0 bridgehead atoms. The molecule has 0 aromatic heterocycles. The molecule has 0 saturated carbocycles. The van der Waals surface area contributed by atoms with Crippen molar-refractivity contribution in [1.82, 2.24) is 0 Å². The Morgan fingerprint density at radius 1 is 0.852 bits per heavy atom. The van der Waals surface area contributed by atoms with E-state index in [2.05, 4.69) is 62.4 Å². The summed E-state index contributed by atoms with van der Waals surface area (Å²) in [6, 6.07) is 16.0. The molecule has 27 heavy (non-hydrogen) atoms. The van der Waals surface area contributed by atoms with Gasteiger partial charge in [-0.25, -0.2) is 0 Å². The minimum atomic E-state index is -0.826. The third-order valence-electron chi connectivity index (χ3n) is 5.12. The second-order valence-electron chi connectivity index (χ2n) is 7.19. The molecular formula is C24H30Cl2Zr. The van der Waals surface area contributed by atoms with Gasteiger partial charge in [-0.15, -0.1) is 0 Å². The average Bonchev–Trinajstić information content (AvgIpc) is 3.10. The van der Waals surface area contributed by atoms with E-state index in [9.17, 15) is 0 Å². The van der Waals surface area contributed by atoms with Crippen LogP contribution in [-0.4, -0.2) is 0 Å². The van der Waals surface area contributed by atoms with Crippen LogP contribution < -0.4 is 0 Å². The van der Waals surface area contributed by atoms with Crippen molar-refractivity contribution in [3.05, 3.63) is 64.7 Å². The summed E-state index contributed by atoms with van der Waals surface area (Å²) in [6.45, 7) is 4.52. The Morgan fingerprint density at radius 3 is 2.26 bits per heavy atom. The van der Waals surface area contributed by atoms with E-state index in [1.54, 1.807) is 5.57 Å². The fourth-order valence-corrected chi connectivity index (χ4v) is 3.77. The molecule has 0 fully saturated rings. The van der Waals surface area contributed by atoms with Crippen molar-refractivity contribution >= 4 is 23.1 Å². The molecule has 0 aliphatic heterocycles. The van der Waals surface area contributed by atoms with Crippen molar-refractivity contribution in [3.63, 3.8) is 0 Å². The normalized spacial score (nSPS) is 12.1. The molecule has 0 amide bonds. The van der Waals surface area contributed by atoms with E-state index in [-0.39, 0.29) is 0 Å². The number of halogens is 2. The van der Waals surface area contributed by atoms with E-state index >= 15 is 0 Å². The van der Waals surface area contributed by atoms with Gasteiger partial charge in [0, 0.05) is 0 Å². The van der Waals surface area contributed by atoms with Crippen molar-refractivity contribution in [1.29, 1.82) is 0 Å². The molecule has 2 aromatic rings. The predicted molar refractivity (Wildman–Crippen MR) is 118 cm³/mol. The molecule has 0 radical (unpaired) electrons. The van der Waals surface area contributed by atoms with Crippen LogP contribution in [0.25, 0.3) is 17.2 Å². The number of hydrogen-bond acceptors (Lipinski definition) is 0. The van der Waals surface area contributed by atoms with E-state index in [4.69, 9.17) is 17.0 Å². The van der Waals surface area contributed by atoms with Gasteiger partial charge >= 0.3 is 37.9 Å². The Morgan fingerprint density at radius 2 is 1.59 bits per heavy atom. The predicted octanol–water partition coefficient (Wildman–Crippen LogP) is 8.59. The summed E-state index contributed by atoms with van der Waals surface area (Å²) in [4.78, 5) is 0. The van der Waals surface area contributed by atoms with Gasteiger partial charge in [-0.2, -0.15) is 0 Å². The van der Waals surface area contributed by atoms with Crippen molar-refractivity contribution in [2.75, 3.05) is 0 Å². The molecule has 3 heteroatoms. The van der Waals surface area contributed by atoms with E-state index in [1.807, 2.05) is 0 Å². The zero-order chi connectivity index (χ0) is 19.5. The van der Waals surface area contributed by atoms with Crippen LogP contribution >= 0.6 is 17.0 Å². The van der Waals surface area contributed by atoms with Crippen molar-refractivity contribution in [2.45, 2.75) is 65.2 Å². The molecule has 0 heterocycles. The van der Waals surface area contributed by atoms with Crippen LogP contribution in [0.5, 0.6) is 0 Å². The molecule has 0 N–H and O–H groups in total. The van der Waals surface area contributed by atoms with E-state index in [0.717, 1.165) is 6.42 Å². The van der Waals surface area contributed by atoms with Gasteiger partial charge in [0.05, 0.1) is 0 Å². The van der Waals surface area contributed by atoms with Crippen LogP contribution in [0.1, 0.15) is 69.1 Å². The fourth-order valence-electron chi connectivity index (χ4n) is 3.77. The van der Waals surface area contributed by atoms with Gasteiger partial charge in [-0.3, -0.25) is 0 Å². The second-order valence-corrected chi connectivity index (χ2v) is 10.9. The van der Waals surface area contributed by atoms with Crippen LogP contribution in [0.4, 0.5) is 0 Å². The summed E-state index contributed by atoms with van der Waals surface area (Å²) in [7, 11) is 9.87. The third kappa shape index (κ3) is 7.19. The molecule has 0 unspecified atom stereocenters. The van der Waals surface area contributed by atoms with E-state index in [0.29, 0.717) is 0 Å². The van der Waals surface area contributed by atoms with Gasteiger partial charge in [0.15, 0.2) is 0 Å². The number of aryl methyl sites for hydroxylation is 1. The monoisotopic (exact) mass is 478 g/mol. The fraction of sp³-hybridized carbons (Fsp3) is 0.417. The number of rotatable bonds is 8. The number of fused-ring (bicyclic) bond motifs is 1. The molecule has 3 rings (SSSR count). The Labute approximate surface area is 184 Å². The van der Waals surface area contributed by atoms with Crippen LogP contribution in [0.15, 0.2) is 48.0 Å². The number of unbranched alkanes of at least 4 members (excludes halogenated alkanes) is 3. The standard InChI is InChI=1S/C24H30.2ClH.Zr/c1-3-5-6-7-10-20-17-22-11-8-12-23(24(22)18-20)21-15-13-19(9-4-2)14-16-21;;;/h8,11-16,18H,3-7,9-10,17H2,1-2H3;2*1H;/q;;;+2/p-2. The molecule has 0 spiro atoms. The molecule has 1 aliphatic rings. The maximum absolute atomic E-state index is 4.93. The van der Waals surface area contributed by atoms with Gasteiger partial charge in [0.2, 0.25) is 0 Å². The first-order valence-corrected chi connectivity index (χ1v) is 16.4. The summed E-state index contributed by atoms with van der Waals surface area (Å²) in [5.74, 6) is 0. The van der Waals surface area contributed by atoms with E-state index in [1.165, 1.54) is 72.8 Å². The summed E-state index contributed by atoms with van der Waals surface area (Å²) in [5.41, 5.74) is 8.80. The zero-order valence-electron chi connectivity index (χ0n) is 16.5. The number of allylic oxidation sites excluding steroid dienone is 1. The summed E-state index contributed by atoms with van der Waals surface area (Å²) >= 11 is -0.826. The first-order chi connectivity index (χ1) is 13.2. The van der Waals surface area contributed by atoms with Crippen molar-refractivity contribution in [3.8, 4) is 11.1 Å².